The number of carbonyl (C=O) groups excluding carboxylic acids is 1. The van der Waals surface area contributed by atoms with E-state index in [4.69, 9.17) is 9.26 Å². The molecule has 1 amide bonds. The van der Waals surface area contributed by atoms with Crippen LogP contribution in [0.5, 0.6) is 5.88 Å². The number of carbonyl (C=O) groups is 1. The minimum Gasteiger partial charge on any atom is -0.471 e. The van der Waals surface area contributed by atoms with Gasteiger partial charge < -0.3 is 14.2 Å². The van der Waals surface area contributed by atoms with Gasteiger partial charge in [0.25, 0.3) is 0 Å². The van der Waals surface area contributed by atoms with E-state index in [1.807, 2.05) is 24.3 Å². The fraction of sp³-hybridized carbons (Fsp3) is 0.294. The van der Waals surface area contributed by atoms with Crippen LogP contribution in [0, 0.1) is 0 Å². The van der Waals surface area contributed by atoms with Gasteiger partial charge in [-0.3, -0.25) is 4.79 Å². The van der Waals surface area contributed by atoms with Gasteiger partial charge in [0.15, 0.2) is 5.58 Å². The molecule has 1 aromatic carbocycles. The Labute approximate surface area is 138 Å². The third-order valence-electron chi connectivity index (χ3n) is 4.10. The van der Waals surface area contributed by atoms with Crippen LogP contribution in [0.2, 0.25) is 0 Å². The average Bonchev–Trinajstić information content (AvgIpc) is 3.24. The van der Waals surface area contributed by atoms with Crippen LogP contribution in [-0.4, -0.2) is 45.4 Å². The van der Waals surface area contributed by atoms with E-state index in [1.54, 1.807) is 23.2 Å². The number of ether oxygens (including phenoxy) is 1. The first kappa shape index (κ1) is 14.6. The molecular formula is C17H16N4O3. The van der Waals surface area contributed by atoms with Gasteiger partial charge in [0, 0.05) is 30.6 Å². The van der Waals surface area contributed by atoms with Crippen molar-refractivity contribution in [3.05, 3.63) is 48.3 Å². The molecule has 0 unspecified atom stereocenters. The smallest absolute Gasteiger partial charge is 0.233 e. The maximum absolute atomic E-state index is 12.5. The summed E-state index contributed by atoms with van der Waals surface area (Å²) in [5.74, 6) is 0.513. The minimum atomic E-state index is -0.0558. The van der Waals surface area contributed by atoms with Crippen molar-refractivity contribution in [2.24, 2.45) is 0 Å². The van der Waals surface area contributed by atoms with Crippen molar-refractivity contribution >= 4 is 16.9 Å². The Morgan fingerprint density at radius 1 is 1.29 bits per heavy atom. The summed E-state index contributed by atoms with van der Waals surface area (Å²) in [6.07, 6.45) is 2.55. The number of hydrogen-bond donors (Lipinski definition) is 0. The largest absolute Gasteiger partial charge is 0.471 e. The molecule has 1 fully saturated rings. The fourth-order valence-electron chi connectivity index (χ4n) is 2.89. The Balaban J connectivity index is 1.39. The van der Waals surface area contributed by atoms with Crippen LogP contribution in [0.4, 0.5) is 0 Å². The zero-order valence-corrected chi connectivity index (χ0v) is 13.0. The summed E-state index contributed by atoms with van der Waals surface area (Å²) in [6, 6.07) is 11.1. The third kappa shape index (κ3) is 2.92. The number of rotatable bonds is 4. The Bertz CT molecular complexity index is 849. The summed E-state index contributed by atoms with van der Waals surface area (Å²) in [6.45, 7) is 1.21. The quantitative estimate of drug-likeness (QED) is 0.728. The van der Waals surface area contributed by atoms with Crippen molar-refractivity contribution in [1.29, 1.82) is 0 Å². The van der Waals surface area contributed by atoms with E-state index >= 15 is 0 Å². The molecule has 0 saturated carbocycles. The molecule has 1 atom stereocenters. The molecule has 7 heteroatoms. The van der Waals surface area contributed by atoms with Gasteiger partial charge in [-0.2, -0.15) is 5.10 Å². The lowest BCUT2D eigenvalue weighted by molar-refractivity contribution is -0.129. The summed E-state index contributed by atoms with van der Waals surface area (Å²) < 4.78 is 11.0. The zero-order chi connectivity index (χ0) is 16.4. The molecule has 3 aromatic rings. The highest BCUT2D eigenvalue weighted by atomic mass is 16.5. The summed E-state index contributed by atoms with van der Waals surface area (Å²) in [5, 5.41) is 12.6. The van der Waals surface area contributed by atoms with E-state index in [2.05, 4.69) is 15.4 Å². The Kier molecular flexibility index (Phi) is 3.82. The predicted molar refractivity (Wildman–Crippen MR) is 85.4 cm³/mol. The topological polar surface area (TPSA) is 81.4 Å². The lowest BCUT2D eigenvalue weighted by Crippen LogP contribution is -2.32. The number of aromatic nitrogens is 3. The second kappa shape index (κ2) is 6.27. The molecule has 0 aliphatic carbocycles. The monoisotopic (exact) mass is 324 g/mol. The molecule has 0 bridgehead atoms. The first-order valence-corrected chi connectivity index (χ1v) is 7.85. The molecule has 4 rings (SSSR count). The van der Waals surface area contributed by atoms with Gasteiger partial charge in [-0.1, -0.05) is 17.3 Å². The first-order chi connectivity index (χ1) is 11.8. The minimum absolute atomic E-state index is 0.0271. The predicted octanol–water partition coefficient (Wildman–Crippen LogP) is 1.84. The van der Waals surface area contributed by atoms with E-state index < -0.39 is 0 Å². The Hall–Kier alpha value is -2.96. The van der Waals surface area contributed by atoms with Gasteiger partial charge in [0.1, 0.15) is 11.8 Å². The molecule has 0 spiro atoms. The maximum atomic E-state index is 12.5. The number of hydrogen-bond acceptors (Lipinski definition) is 6. The highest BCUT2D eigenvalue weighted by Crippen LogP contribution is 2.21. The summed E-state index contributed by atoms with van der Waals surface area (Å²) >= 11 is 0. The van der Waals surface area contributed by atoms with E-state index in [-0.39, 0.29) is 18.4 Å². The molecule has 0 N–H and O–H groups in total. The second-order valence-corrected chi connectivity index (χ2v) is 5.73. The SMILES string of the molecule is O=C(Cc1noc2ccccc12)N1CC[C@H](Oc2cccnn2)C1. The number of nitrogens with zero attached hydrogens (tertiary/aromatic N) is 4. The number of likely N-dealkylation sites (tertiary alicyclic amines) is 1. The molecule has 1 aliphatic heterocycles. The van der Waals surface area contributed by atoms with Gasteiger partial charge in [-0.25, -0.2) is 0 Å². The highest BCUT2D eigenvalue weighted by molar-refractivity contribution is 5.86. The molecule has 24 heavy (non-hydrogen) atoms. The van der Waals surface area contributed by atoms with Crippen molar-refractivity contribution in [3.8, 4) is 5.88 Å². The van der Waals surface area contributed by atoms with Crippen molar-refractivity contribution in [2.75, 3.05) is 13.1 Å². The number of para-hydroxylation sites is 1. The number of amides is 1. The van der Waals surface area contributed by atoms with E-state index in [0.717, 1.165) is 11.8 Å². The van der Waals surface area contributed by atoms with Crippen molar-refractivity contribution < 1.29 is 14.1 Å². The van der Waals surface area contributed by atoms with Crippen LogP contribution >= 0.6 is 0 Å². The Morgan fingerprint density at radius 2 is 2.21 bits per heavy atom. The van der Waals surface area contributed by atoms with Gasteiger partial charge in [0.2, 0.25) is 11.8 Å². The van der Waals surface area contributed by atoms with Crippen molar-refractivity contribution in [1.82, 2.24) is 20.3 Å². The normalized spacial score (nSPS) is 17.3. The average molecular weight is 324 g/mol. The van der Waals surface area contributed by atoms with Crippen LogP contribution in [0.25, 0.3) is 11.0 Å². The van der Waals surface area contributed by atoms with Gasteiger partial charge in [-0.05, 0) is 18.2 Å². The fourth-order valence-corrected chi connectivity index (χ4v) is 2.89. The van der Waals surface area contributed by atoms with Gasteiger partial charge in [0.05, 0.1) is 13.0 Å². The van der Waals surface area contributed by atoms with Crippen LogP contribution in [0.3, 0.4) is 0 Å². The molecule has 0 radical (unpaired) electrons. The molecule has 122 valence electrons. The molecule has 1 saturated heterocycles. The lowest BCUT2D eigenvalue weighted by atomic mass is 10.1. The third-order valence-corrected chi connectivity index (χ3v) is 4.10. The van der Waals surface area contributed by atoms with Crippen LogP contribution < -0.4 is 4.74 Å². The van der Waals surface area contributed by atoms with Crippen molar-refractivity contribution in [3.63, 3.8) is 0 Å². The van der Waals surface area contributed by atoms with Crippen LogP contribution in [0.15, 0.2) is 47.1 Å². The zero-order valence-electron chi connectivity index (χ0n) is 13.0. The summed E-state index contributed by atoms with van der Waals surface area (Å²) in [4.78, 5) is 14.3. The van der Waals surface area contributed by atoms with E-state index in [0.29, 0.717) is 30.2 Å². The maximum Gasteiger partial charge on any atom is 0.233 e. The first-order valence-electron chi connectivity index (χ1n) is 7.85. The van der Waals surface area contributed by atoms with E-state index in [1.165, 1.54) is 0 Å². The number of benzene rings is 1. The van der Waals surface area contributed by atoms with Crippen LogP contribution in [0.1, 0.15) is 12.1 Å². The molecule has 2 aromatic heterocycles. The number of fused-ring (bicyclic) bond motifs is 1. The molecule has 7 nitrogen and oxygen atoms in total. The van der Waals surface area contributed by atoms with E-state index in [9.17, 15) is 4.79 Å². The molecular weight excluding hydrogens is 308 g/mol. The standard InChI is InChI=1S/C17H16N4O3/c22-17(10-14-13-4-1-2-5-15(13)24-20-14)21-9-7-12(11-21)23-16-6-3-8-18-19-16/h1-6,8,12H,7,9-11H2/t12-/m0/s1. The summed E-state index contributed by atoms with van der Waals surface area (Å²) in [5.41, 5.74) is 1.37. The second-order valence-electron chi connectivity index (χ2n) is 5.73. The van der Waals surface area contributed by atoms with Crippen LogP contribution in [-0.2, 0) is 11.2 Å². The molecule has 1 aliphatic rings. The highest BCUT2D eigenvalue weighted by Gasteiger charge is 2.28. The lowest BCUT2D eigenvalue weighted by Gasteiger charge is -2.16. The Morgan fingerprint density at radius 3 is 3.08 bits per heavy atom. The van der Waals surface area contributed by atoms with Gasteiger partial charge in [-0.15, -0.1) is 5.10 Å². The summed E-state index contributed by atoms with van der Waals surface area (Å²) in [7, 11) is 0. The molecule has 3 heterocycles. The van der Waals surface area contributed by atoms with Crippen molar-refractivity contribution in [2.45, 2.75) is 18.9 Å². The van der Waals surface area contributed by atoms with Gasteiger partial charge >= 0.3 is 0 Å².